The van der Waals surface area contributed by atoms with Crippen molar-refractivity contribution in [1.82, 2.24) is 0 Å². The highest BCUT2D eigenvalue weighted by molar-refractivity contribution is 7.85. The average molecular weight is 973 g/mol. The molecule has 11 heteroatoms. The van der Waals surface area contributed by atoms with Crippen molar-refractivity contribution in [2.45, 2.75) is 21.9 Å². The predicted octanol–water partition coefficient (Wildman–Crippen LogP) is 11.4. The van der Waals surface area contributed by atoms with Gasteiger partial charge in [0.25, 0.3) is 0 Å². The topological polar surface area (TPSA) is 137 Å². The first-order chi connectivity index (χ1) is 31.5. The van der Waals surface area contributed by atoms with Gasteiger partial charge in [0.15, 0.2) is 0 Å². The summed E-state index contributed by atoms with van der Waals surface area (Å²) in [4.78, 5) is 19.9. The van der Waals surface area contributed by atoms with E-state index in [0.717, 1.165) is 6.07 Å². The average Bonchev–Trinajstić information content (AvgIpc) is 3.27. The van der Waals surface area contributed by atoms with Gasteiger partial charge in [-0.1, -0.05) is 188 Å². The van der Waals surface area contributed by atoms with Crippen LogP contribution in [0.25, 0.3) is 0 Å². The number of carboxylic acid groups (broad SMARTS) is 2. The van der Waals surface area contributed by atoms with Crippen LogP contribution in [0.2, 0.25) is 0 Å². The lowest BCUT2D eigenvalue weighted by Crippen LogP contribution is -2.27. The van der Waals surface area contributed by atoms with E-state index in [4.69, 9.17) is 0 Å². The number of carbonyl (C=O) groups is 2. The second-order valence-corrected chi connectivity index (χ2v) is 34.4. The molecule has 0 fully saturated rings. The van der Waals surface area contributed by atoms with Crippen LogP contribution < -0.4 is 10.2 Å². The molecule has 350 valence electrons. The Hall–Kier alpha value is -5.32. The molecule has 0 saturated heterocycles. The molecule has 0 heterocycles. The molecule has 0 bridgehead atoms. The van der Waals surface area contributed by atoms with Crippen LogP contribution in [0.15, 0.2) is 205 Å². The van der Waals surface area contributed by atoms with Crippen LogP contribution in [0.3, 0.4) is 0 Å². The Morgan fingerprint density at radius 2 is 0.597 bits per heavy atom. The van der Waals surface area contributed by atoms with Crippen LogP contribution in [0, 0.1) is 0 Å². The summed E-state index contributed by atoms with van der Waals surface area (Å²) >= 11 is 0. The van der Waals surface area contributed by atoms with Crippen molar-refractivity contribution in [2.24, 2.45) is 0 Å². The van der Waals surface area contributed by atoms with Crippen molar-refractivity contribution in [1.29, 1.82) is 0 Å². The lowest BCUT2D eigenvalue weighted by Gasteiger charge is -2.25. The summed E-state index contributed by atoms with van der Waals surface area (Å²) in [6.45, 7) is 21.7. The first kappa shape index (κ1) is 54.3. The molecule has 0 aromatic heterocycles. The Balaban J connectivity index is 0.000000195. The largest absolute Gasteiger partial charge is 0.744 e. The summed E-state index contributed by atoms with van der Waals surface area (Å²) in [5.41, 5.74) is 8.78. The van der Waals surface area contributed by atoms with Crippen molar-refractivity contribution < 1.29 is 32.8 Å². The number of carboxylic acids is 2. The van der Waals surface area contributed by atoms with E-state index in [1.54, 1.807) is 0 Å². The van der Waals surface area contributed by atoms with Gasteiger partial charge in [-0.2, -0.15) is 0 Å². The summed E-state index contributed by atoms with van der Waals surface area (Å²) in [5.74, 6) is -3.66. The van der Waals surface area contributed by atoms with Gasteiger partial charge in [0.2, 0.25) is 0 Å². The molecule has 0 aliphatic rings. The van der Waals surface area contributed by atoms with Crippen molar-refractivity contribution >= 4 is 43.8 Å². The third kappa shape index (κ3) is 16.8. The minimum Gasteiger partial charge on any atom is -0.744 e. The van der Waals surface area contributed by atoms with E-state index in [2.05, 4.69) is 242 Å². The van der Waals surface area contributed by atoms with Gasteiger partial charge in [-0.3, -0.25) is 0 Å². The van der Waals surface area contributed by atoms with Crippen molar-refractivity contribution in [3.8, 4) is 0 Å². The summed E-state index contributed by atoms with van der Waals surface area (Å²) in [6.07, 6.45) is 0. The fraction of sp³-hybridized carbons (Fsp3) is 0.214. The van der Waals surface area contributed by atoms with Gasteiger partial charge in [-0.15, -0.1) is 0 Å². The van der Waals surface area contributed by atoms with E-state index in [9.17, 15) is 32.8 Å². The van der Waals surface area contributed by atoms with Gasteiger partial charge in [0.1, 0.15) is 27.1 Å². The number of hydrogen-bond donors (Lipinski definition) is 0. The molecule has 0 saturated carbocycles. The molecule has 0 spiro atoms. The van der Waals surface area contributed by atoms with Gasteiger partial charge in [-0.25, -0.2) is 8.42 Å². The van der Waals surface area contributed by atoms with Gasteiger partial charge in [0, 0.05) is 87.3 Å². The molecule has 7 aromatic carbocycles. The Labute approximate surface area is 401 Å². The lowest BCUT2D eigenvalue weighted by molar-refractivity contribution is -0.255. The Morgan fingerprint density at radius 1 is 0.373 bits per heavy atom. The zero-order valence-electron chi connectivity index (χ0n) is 39.9. The minimum atomic E-state index is -5.01. The molecule has 0 unspecified atom stereocenters. The molecule has 0 aliphatic heterocycles. The minimum absolute atomic E-state index is 0.495. The number of hydrogen-bond acceptors (Lipinski definition) is 7. The highest BCUT2D eigenvalue weighted by atomic mass is 32.2. The number of benzene rings is 7. The van der Waals surface area contributed by atoms with Gasteiger partial charge in [-0.05, 0) is 51.1 Å². The monoisotopic (exact) mass is 972 g/mol. The normalized spacial score (nSPS) is 11.6. The maximum absolute atomic E-state index is 10.6. The van der Waals surface area contributed by atoms with Gasteiger partial charge in [0.05, 0.1) is 16.8 Å². The van der Waals surface area contributed by atoms with E-state index in [0.29, 0.717) is 29.1 Å². The Morgan fingerprint density at radius 3 is 0.761 bits per heavy atom. The molecule has 0 N–H and O–H groups in total. The molecular formula is C56H63O7P3S. The van der Waals surface area contributed by atoms with Crippen molar-refractivity contribution in [2.75, 3.05) is 60.0 Å². The zero-order valence-corrected chi connectivity index (χ0v) is 43.4. The van der Waals surface area contributed by atoms with E-state index >= 15 is 0 Å². The fourth-order valence-corrected chi connectivity index (χ4v) is 15.2. The molecule has 0 aliphatic carbocycles. The molecule has 7 aromatic rings. The van der Waals surface area contributed by atoms with Crippen LogP contribution in [-0.4, -0.2) is 84.9 Å². The molecule has 7 rings (SSSR count). The first-order valence-electron chi connectivity index (χ1n) is 21.8. The van der Waals surface area contributed by atoms with E-state index < -0.39 is 59.9 Å². The second-order valence-electron chi connectivity index (χ2n) is 18.8. The number of aromatic carboxylic acids is 2. The summed E-state index contributed by atoms with van der Waals surface area (Å²) in [5, 5.41) is 20.9. The third-order valence-electron chi connectivity index (χ3n) is 10.7. The SMILES string of the molecule is C[P+](C)(C)C(c1ccccc1)c1ccccc1.C[P+](C)(C)C(c1ccccc1)c1ccccc1.C[P+](C)(C)C(c1ccccc1)c1ccccc1.O=C([O-])c1ccc(S(=O)(=O)[O-])c(C(=O)[O-])c1. The lowest BCUT2D eigenvalue weighted by atomic mass is 10.0. The highest BCUT2D eigenvalue weighted by Gasteiger charge is 2.36. The zero-order chi connectivity index (χ0) is 49.4. The molecule has 0 atom stereocenters. The molecule has 0 amide bonds. The maximum atomic E-state index is 10.6. The standard InChI is InChI=1S/3C16H20P.C8H6O7S/c3*1-17(2,3)16(14-10-6-4-7-11-14)15-12-8-5-9-13-15;9-7(10)4-1-2-6(16(13,14)15)5(3-4)8(11)12/h3*4-13,16H,1-3H3;1-3H,(H,9,10)(H,11,12)(H,13,14,15)/q3*+1;/p-3. The second kappa shape index (κ2) is 24.6. The Kier molecular flexibility index (Phi) is 20.0. The number of carbonyl (C=O) groups excluding carboxylic acids is 2. The highest BCUT2D eigenvalue weighted by Crippen LogP contribution is 2.65. The van der Waals surface area contributed by atoms with Crippen LogP contribution in [-0.2, 0) is 10.1 Å². The maximum Gasteiger partial charge on any atom is 0.125 e. The fourth-order valence-electron chi connectivity index (χ4n) is 8.11. The third-order valence-corrected chi connectivity index (χ3v) is 18.1. The van der Waals surface area contributed by atoms with E-state index in [1.165, 1.54) is 33.4 Å². The van der Waals surface area contributed by atoms with Crippen LogP contribution in [0.1, 0.15) is 71.1 Å². The first-order valence-corrected chi connectivity index (χ1v) is 32.8. The number of rotatable bonds is 12. The van der Waals surface area contributed by atoms with Crippen molar-refractivity contribution in [3.05, 3.63) is 245 Å². The van der Waals surface area contributed by atoms with E-state index in [-0.39, 0.29) is 0 Å². The van der Waals surface area contributed by atoms with Gasteiger partial charge >= 0.3 is 0 Å². The molecule has 7 nitrogen and oxygen atoms in total. The quantitative estimate of drug-likeness (QED) is 0.0878. The van der Waals surface area contributed by atoms with E-state index in [1.807, 2.05) is 0 Å². The molecule has 67 heavy (non-hydrogen) atoms. The Bertz CT molecular complexity index is 2360. The summed E-state index contributed by atoms with van der Waals surface area (Å²) < 4.78 is 31.9. The van der Waals surface area contributed by atoms with Crippen LogP contribution in [0.5, 0.6) is 0 Å². The molecule has 0 radical (unpaired) electrons. The van der Waals surface area contributed by atoms with Crippen LogP contribution in [0.4, 0.5) is 0 Å². The predicted molar refractivity (Wildman–Crippen MR) is 281 cm³/mol. The molecular weight excluding hydrogens is 910 g/mol. The van der Waals surface area contributed by atoms with Gasteiger partial charge < -0.3 is 24.4 Å². The van der Waals surface area contributed by atoms with Crippen molar-refractivity contribution in [3.63, 3.8) is 0 Å². The summed E-state index contributed by atoms with van der Waals surface area (Å²) in [6, 6.07) is 67.1. The smallest absolute Gasteiger partial charge is 0.125 e. The van der Waals surface area contributed by atoms with Crippen LogP contribution >= 0.6 is 21.8 Å². The summed E-state index contributed by atoms with van der Waals surface area (Å²) in [7, 11) is -7.91.